The highest BCUT2D eigenvalue weighted by Gasteiger charge is 2.23. The third kappa shape index (κ3) is 2.63. The predicted molar refractivity (Wildman–Crippen MR) is 79.7 cm³/mol. The number of carbonyl (C=O) groups is 1. The zero-order chi connectivity index (χ0) is 15.0. The number of halogens is 1. The third-order valence-electron chi connectivity index (χ3n) is 3.73. The van der Waals surface area contributed by atoms with E-state index in [2.05, 4.69) is 4.98 Å². The predicted octanol–water partition coefficient (Wildman–Crippen LogP) is 2.91. The zero-order valence-electron chi connectivity index (χ0n) is 12.0. The standard InChI is InChI=1S/C15H17ClN2O3/c1-9(16)14-17-12-4-3-10(15(19)20-2)7-13(12)18(14)8-11-5-6-21-11/h3-4,7,9,11H,5-6,8H2,1-2H3/t9?,11-/m0/s1. The van der Waals surface area contributed by atoms with Crippen LogP contribution < -0.4 is 0 Å². The molecule has 1 aliphatic rings. The summed E-state index contributed by atoms with van der Waals surface area (Å²) < 4.78 is 12.3. The average Bonchev–Trinajstić information content (AvgIpc) is 2.80. The number of hydrogen-bond donors (Lipinski definition) is 0. The van der Waals surface area contributed by atoms with Gasteiger partial charge in [0.25, 0.3) is 0 Å². The Balaban J connectivity index is 2.08. The summed E-state index contributed by atoms with van der Waals surface area (Å²) in [4.78, 5) is 16.3. The van der Waals surface area contributed by atoms with E-state index in [1.54, 1.807) is 12.1 Å². The lowest BCUT2D eigenvalue weighted by Gasteiger charge is -2.27. The zero-order valence-corrected chi connectivity index (χ0v) is 12.8. The van der Waals surface area contributed by atoms with Crippen molar-refractivity contribution in [1.29, 1.82) is 0 Å². The first-order chi connectivity index (χ1) is 10.1. The molecule has 21 heavy (non-hydrogen) atoms. The van der Waals surface area contributed by atoms with E-state index in [0.717, 1.165) is 29.9 Å². The first-order valence-electron chi connectivity index (χ1n) is 6.94. The number of rotatable bonds is 4. The Bertz CT molecular complexity index is 677. The third-order valence-corrected chi connectivity index (χ3v) is 3.93. The Hall–Kier alpha value is -1.59. The van der Waals surface area contributed by atoms with Crippen molar-refractivity contribution in [3.63, 3.8) is 0 Å². The van der Waals surface area contributed by atoms with Gasteiger partial charge in [-0.2, -0.15) is 0 Å². The smallest absolute Gasteiger partial charge is 0.337 e. The number of aromatic nitrogens is 2. The van der Waals surface area contributed by atoms with Crippen LogP contribution in [0.1, 0.15) is 34.9 Å². The van der Waals surface area contributed by atoms with Crippen LogP contribution in [0.25, 0.3) is 11.0 Å². The fourth-order valence-electron chi connectivity index (χ4n) is 2.51. The van der Waals surface area contributed by atoms with Crippen molar-refractivity contribution < 1.29 is 14.3 Å². The number of alkyl halides is 1. The highest BCUT2D eigenvalue weighted by Crippen LogP contribution is 2.27. The largest absolute Gasteiger partial charge is 0.465 e. The fraction of sp³-hybridized carbons (Fsp3) is 0.467. The maximum absolute atomic E-state index is 11.7. The van der Waals surface area contributed by atoms with Gasteiger partial charge < -0.3 is 14.0 Å². The fourth-order valence-corrected chi connectivity index (χ4v) is 2.68. The van der Waals surface area contributed by atoms with Gasteiger partial charge in [0, 0.05) is 6.61 Å². The number of nitrogens with zero attached hydrogens (tertiary/aromatic N) is 2. The van der Waals surface area contributed by atoms with E-state index in [4.69, 9.17) is 21.1 Å². The van der Waals surface area contributed by atoms with E-state index in [1.165, 1.54) is 7.11 Å². The molecule has 1 unspecified atom stereocenters. The summed E-state index contributed by atoms with van der Waals surface area (Å²) in [6.07, 6.45) is 1.23. The van der Waals surface area contributed by atoms with Crippen LogP contribution in [0.3, 0.4) is 0 Å². The number of esters is 1. The quantitative estimate of drug-likeness (QED) is 0.644. The topological polar surface area (TPSA) is 53.3 Å². The molecular formula is C15H17ClN2O3. The summed E-state index contributed by atoms with van der Waals surface area (Å²) in [5, 5.41) is -0.209. The molecule has 0 spiro atoms. The van der Waals surface area contributed by atoms with Gasteiger partial charge in [0.2, 0.25) is 0 Å². The molecular weight excluding hydrogens is 292 g/mol. The summed E-state index contributed by atoms with van der Waals surface area (Å²) >= 11 is 6.24. The number of imidazole rings is 1. The van der Waals surface area contributed by atoms with Crippen molar-refractivity contribution in [2.75, 3.05) is 13.7 Å². The Labute approximate surface area is 127 Å². The molecule has 2 atom stereocenters. The molecule has 2 heterocycles. The van der Waals surface area contributed by atoms with E-state index in [9.17, 15) is 4.79 Å². The Morgan fingerprint density at radius 1 is 1.62 bits per heavy atom. The monoisotopic (exact) mass is 308 g/mol. The van der Waals surface area contributed by atoms with Gasteiger partial charge in [-0.3, -0.25) is 0 Å². The van der Waals surface area contributed by atoms with Gasteiger partial charge in [-0.1, -0.05) is 0 Å². The molecule has 0 aliphatic carbocycles. The molecule has 6 heteroatoms. The summed E-state index contributed by atoms with van der Waals surface area (Å²) in [5.74, 6) is 0.439. The molecule has 1 aliphatic heterocycles. The second kappa shape index (κ2) is 5.66. The summed E-state index contributed by atoms with van der Waals surface area (Å²) in [6.45, 7) is 3.39. The minimum absolute atomic E-state index is 0.193. The SMILES string of the molecule is COC(=O)c1ccc2nc(C(C)Cl)n(C[C@@H]3CCO3)c2c1. The van der Waals surface area contributed by atoms with Gasteiger partial charge in [0.15, 0.2) is 0 Å². The molecule has 112 valence electrons. The maximum Gasteiger partial charge on any atom is 0.337 e. The van der Waals surface area contributed by atoms with Crippen molar-refractivity contribution in [1.82, 2.24) is 9.55 Å². The Morgan fingerprint density at radius 2 is 2.38 bits per heavy atom. The molecule has 5 nitrogen and oxygen atoms in total. The molecule has 2 aromatic rings. The van der Waals surface area contributed by atoms with Crippen LogP contribution in [-0.4, -0.2) is 35.3 Å². The number of hydrogen-bond acceptors (Lipinski definition) is 4. The number of ether oxygens (including phenoxy) is 2. The Kier molecular flexibility index (Phi) is 3.87. The second-order valence-electron chi connectivity index (χ2n) is 5.17. The first-order valence-corrected chi connectivity index (χ1v) is 7.38. The molecule has 0 saturated carbocycles. The van der Waals surface area contributed by atoms with Gasteiger partial charge in [-0.15, -0.1) is 11.6 Å². The van der Waals surface area contributed by atoms with E-state index in [0.29, 0.717) is 12.1 Å². The molecule has 1 aromatic carbocycles. The molecule has 1 saturated heterocycles. The minimum atomic E-state index is -0.356. The molecule has 0 bridgehead atoms. The highest BCUT2D eigenvalue weighted by atomic mass is 35.5. The highest BCUT2D eigenvalue weighted by molar-refractivity contribution is 6.20. The normalized spacial score (nSPS) is 19.3. The summed E-state index contributed by atoms with van der Waals surface area (Å²) in [5.41, 5.74) is 2.22. The van der Waals surface area contributed by atoms with Gasteiger partial charge >= 0.3 is 5.97 Å². The van der Waals surface area contributed by atoms with Crippen molar-refractivity contribution in [2.24, 2.45) is 0 Å². The van der Waals surface area contributed by atoms with Gasteiger partial charge in [0.05, 0.1) is 41.7 Å². The number of benzene rings is 1. The van der Waals surface area contributed by atoms with E-state index in [1.807, 2.05) is 17.6 Å². The van der Waals surface area contributed by atoms with Crippen LogP contribution in [0.2, 0.25) is 0 Å². The van der Waals surface area contributed by atoms with E-state index in [-0.39, 0.29) is 17.5 Å². The summed E-state index contributed by atoms with van der Waals surface area (Å²) in [6, 6.07) is 5.34. The van der Waals surface area contributed by atoms with Crippen LogP contribution in [-0.2, 0) is 16.0 Å². The second-order valence-corrected chi connectivity index (χ2v) is 5.83. The van der Waals surface area contributed by atoms with Crippen molar-refractivity contribution in [3.8, 4) is 0 Å². The average molecular weight is 309 g/mol. The van der Waals surface area contributed by atoms with Crippen LogP contribution in [0.4, 0.5) is 0 Å². The lowest BCUT2D eigenvalue weighted by atomic mass is 10.1. The van der Waals surface area contributed by atoms with Gasteiger partial charge in [-0.05, 0) is 31.5 Å². The molecule has 0 N–H and O–H groups in total. The molecule has 0 amide bonds. The summed E-state index contributed by atoms with van der Waals surface area (Å²) in [7, 11) is 1.37. The lowest BCUT2D eigenvalue weighted by Crippen LogP contribution is -2.31. The number of fused-ring (bicyclic) bond motifs is 1. The molecule has 1 aromatic heterocycles. The number of carbonyl (C=O) groups excluding carboxylic acids is 1. The van der Waals surface area contributed by atoms with E-state index < -0.39 is 0 Å². The molecule has 3 rings (SSSR count). The van der Waals surface area contributed by atoms with Gasteiger partial charge in [-0.25, -0.2) is 9.78 Å². The van der Waals surface area contributed by atoms with Crippen LogP contribution in [0.15, 0.2) is 18.2 Å². The first kappa shape index (κ1) is 14.4. The van der Waals surface area contributed by atoms with Crippen molar-refractivity contribution in [3.05, 3.63) is 29.6 Å². The number of methoxy groups -OCH3 is 1. The Morgan fingerprint density at radius 3 is 2.95 bits per heavy atom. The van der Waals surface area contributed by atoms with Crippen LogP contribution >= 0.6 is 11.6 Å². The van der Waals surface area contributed by atoms with Crippen LogP contribution in [0.5, 0.6) is 0 Å². The van der Waals surface area contributed by atoms with Crippen molar-refractivity contribution >= 4 is 28.6 Å². The van der Waals surface area contributed by atoms with E-state index >= 15 is 0 Å². The van der Waals surface area contributed by atoms with Crippen LogP contribution in [0, 0.1) is 0 Å². The van der Waals surface area contributed by atoms with Gasteiger partial charge in [0.1, 0.15) is 5.82 Å². The van der Waals surface area contributed by atoms with Crippen molar-refractivity contribution in [2.45, 2.75) is 31.4 Å². The maximum atomic E-state index is 11.7. The molecule has 1 fully saturated rings. The minimum Gasteiger partial charge on any atom is -0.465 e. The lowest BCUT2D eigenvalue weighted by molar-refractivity contribution is -0.0590. The molecule has 0 radical (unpaired) electrons.